The molecule has 0 amide bonds. The number of unbranched alkanes of at least 4 members (excludes halogenated alkanes) is 1. The number of hydrogen-bond donors (Lipinski definition) is 0. The van der Waals surface area contributed by atoms with Crippen molar-refractivity contribution in [1.29, 1.82) is 0 Å². The van der Waals surface area contributed by atoms with Gasteiger partial charge in [0, 0.05) is 5.39 Å². The fraction of sp³-hybridized carbons (Fsp3) is 0.286. The molecule has 1 atom stereocenters. The van der Waals surface area contributed by atoms with Crippen molar-refractivity contribution in [3.05, 3.63) is 42.5 Å². The van der Waals surface area contributed by atoms with E-state index in [0.717, 1.165) is 28.9 Å². The second kappa shape index (κ2) is 5.90. The fourth-order valence-corrected chi connectivity index (χ4v) is 2.77. The minimum absolute atomic E-state index is 0.564. The van der Waals surface area contributed by atoms with E-state index in [4.69, 9.17) is 4.52 Å². The predicted molar refractivity (Wildman–Crippen MR) is 72.0 cm³/mol. The van der Waals surface area contributed by atoms with E-state index < -0.39 is 8.03 Å². The maximum Gasteiger partial charge on any atom is 0.549 e. The van der Waals surface area contributed by atoms with Gasteiger partial charge in [0.1, 0.15) is 6.61 Å². The average molecular weight is 247 g/mol. The van der Waals surface area contributed by atoms with E-state index in [-0.39, 0.29) is 0 Å². The van der Waals surface area contributed by atoms with Gasteiger partial charge in [-0.25, -0.2) is 0 Å². The van der Waals surface area contributed by atoms with Crippen molar-refractivity contribution < 1.29 is 9.09 Å². The minimum atomic E-state index is -1.74. The van der Waals surface area contributed by atoms with Crippen LogP contribution < -0.4 is 5.30 Å². The first kappa shape index (κ1) is 12.2. The summed E-state index contributed by atoms with van der Waals surface area (Å²) >= 11 is 0. The van der Waals surface area contributed by atoms with E-state index in [1.165, 1.54) is 0 Å². The van der Waals surface area contributed by atoms with Crippen LogP contribution in [0.3, 0.4) is 0 Å². The molecule has 0 fully saturated rings. The Labute approximate surface area is 102 Å². The number of benzene rings is 2. The van der Waals surface area contributed by atoms with E-state index in [0.29, 0.717) is 6.61 Å². The van der Waals surface area contributed by atoms with Gasteiger partial charge >= 0.3 is 8.03 Å². The fourth-order valence-electron chi connectivity index (χ4n) is 1.73. The van der Waals surface area contributed by atoms with E-state index >= 15 is 0 Å². The van der Waals surface area contributed by atoms with Crippen molar-refractivity contribution in [3.8, 4) is 0 Å². The molecule has 2 aromatic rings. The third-order valence-corrected chi connectivity index (χ3v) is 3.87. The third kappa shape index (κ3) is 2.91. The molecule has 0 aromatic heterocycles. The summed E-state index contributed by atoms with van der Waals surface area (Å²) in [4.78, 5) is 0. The van der Waals surface area contributed by atoms with Crippen LogP contribution in [0.25, 0.3) is 10.8 Å². The lowest BCUT2D eigenvalue weighted by Gasteiger charge is -1.97. The van der Waals surface area contributed by atoms with Crippen LogP contribution in [0.1, 0.15) is 19.8 Å². The van der Waals surface area contributed by atoms with Crippen LogP contribution in [0.15, 0.2) is 42.5 Å². The Morgan fingerprint density at radius 3 is 2.71 bits per heavy atom. The topological polar surface area (TPSA) is 26.3 Å². The highest BCUT2D eigenvalue weighted by Gasteiger charge is 2.24. The van der Waals surface area contributed by atoms with E-state index in [1.807, 2.05) is 42.5 Å². The summed E-state index contributed by atoms with van der Waals surface area (Å²) in [5.74, 6) is 0. The monoisotopic (exact) mass is 247 g/mol. The molecule has 0 aliphatic carbocycles. The second-order valence-electron chi connectivity index (χ2n) is 3.94. The summed E-state index contributed by atoms with van der Waals surface area (Å²) in [5, 5.41) is 2.93. The molecule has 2 nitrogen and oxygen atoms in total. The number of fused-ring (bicyclic) bond motifs is 1. The van der Waals surface area contributed by atoms with Crippen LogP contribution >= 0.6 is 8.03 Å². The standard InChI is InChI=1S/C14H16O2P/c1-2-3-11-16-17(15)14-10-6-8-12-7-4-5-9-13(12)14/h4-10H,2-3,11H2,1H3/q+1. The summed E-state index contributed by atoms with van der Waals surface area (Å²) in [5.41, 5.74) is 0. The van der Waals surface area contributed by atoms with Crippen molar-refractivity contribution in [3.63, 3.8) is 0 Å². The maximum absolute atomic E-state index is 12.1. The lowest BCUT2D eigenvalue weighted by atomic mass is 10.1. The summed E-state index contributed by atoms with van der Waals surface area (Å²) in [6, 6.07) is 13.8. The molecule has 2 rings (SSSR count). The average Bonchev–Trinajstić information content (AvgIpc) is 2.38. The van der Waals surface area contributed by atoms with Gasteiger partial charge in [-0.1, -0.05) is 43.7 Å². The van der Waals surface area contributed by atoms with Gasteiger partial charge in [-0.15, -0.1) is 4.52 Å². The molecule has 0 bridgehead atoms. The zero-order valence-electron chi connectivity index (χ0n) is 9.93. The molecule has 0 saturated carbocycles. The Balaban J connectivity index is 2.26. The lowest BCUT2D eigenvalue weighted by Crippen LogP contribution is -2.00. The highest BCUT2D eigenvalue weighted by molar-refractivity contribution is 7.49. The Morgan fingerprint density at radius 2 is 1.88 bits per heavy atom. The Kier molecular flexibility index (Phi) is 4.24. The van der Waals surface area contributed by atoms with Crippen LogP contribution in [-0.2, 0) is 9.09 Å². The summed E-state index contributed by atoms with van der Waals surface area (Å²) in [7, 11) is -1.74. The third-order valence-electron chi connectivity index (χ3n) is 2.67. The molecule has 0 heterocycles. The zero-order chi connectivity index (χ0) is 12.1. The van der Waals surface area contributed by atoms with Gasteiger partial charge < -0.3 is 0 Å². The molecule has 0 spiro atoms. The Morgan fingerprint density at radius 1 is 1.12 bits per heavy atom. The highest BCUT2D eigenvalue weighted by atomic mass is 31.1. The lowest BCUT2D eigenvalue weighted by molar-refractivity contribution is 0.327. The van der Waals surface area contributed by atoms with Gasteiger partial charge in [-0.05, 0) is 28.5 Å². The van der Waals surface area contributed by atoms with Crippen molar-refractivity contribution in [2.24, 2.45) is 0 Å². The van der Waals surface area contributed by atoms with Crippen LogP contribution in [0.5, 0.6) is 0 Å². The molecule has 3 heteroatoms. The molecular weight excluding hydrogens is 231 g/mol. The molecule has 0 N–H and O–H groups in total. The smallest absolute Gasteiger partial charge is 0.142 e. The Hall–Kier alpha value is -1.24. The van der Waals surface area contributed by atoms with Crippen molar-refractivity contribution in [2.45, 2.75) is 19.8 Å². The van der Waals surface area contributed by atoms with E-state index in [2.05, 4.69) is 6.92 Å². The maximum atomic E-state index is 12.1. The SMILES string of the molecule is CCCCO[P+](=O)c1cccc2ccccc12. The van der Waals surface area contributed by atoms with Crippen LogP contribution in [0, 0.1) is 0 Å². The predicted octanol–water partition coefficient (Wildman–Crippen LogP) is 4.02. The van der Waals surface area contributed by atoms with Gasteiger partial charge in [-0.3, -0.25) is 0 Å². The molecule has 88 valence electrons. The quantitative estimate of drug-likeness (QED) is 0.589. The first-order valence-corrected chi connectivity index (χ1v) is 7.08. The van der Waals surface area contributed by atoms with Crippen molar-refractivity contribution in [2.75, 3.05) is 6.61 Å². The van der Waals surface area contributed by atoms with Gasteiger partial charge in [-0.2, -0.15) is 0 Å². The first-order valence-electron chi connectivity index (χ1n) is 5.91. The zero-order valence-corrected chi connectivity index (χ0v) is 10.8. The molecule has 0 radical (unpaired) electrons. The number of rotatable bonds is 5. The molecule has 0 saturated heterocycles. The van der Waals surface area contributed by atoms with Crippen LogP contribution in [-0.4, -0.2) is 6.61 Å². The summed E-state index contributed by atoms with van der Waals surface area (Å²) < 4.78 is 17.4. The molecule has 0 aliphatic rings. The highest BCUT2D eigenvalue weighted by Crippen LogP contribution is 2.26. The largest absolute Gasteiger partial charge is 0.549 e. The molecule has 2 aromatic carbocycles. The minimum Gasteiger partial charge on any atom is -0.142 e. The van der Waals surface area contributed by atoms with Gasteiger partial charge in [0.2, 0.25) is 5.30 Å². The Bertz CT molecular complexity index is 517. The van der Waals surface area contributed by atoms with Crippen molar-refractivity contribution >= 4 is 24.1 Å². The second-order valence-corrected chi connectivity index (χ2v) is 5.20. The molecule has 17 heavy (non-hydrogen) atoms. The summed E-state index contributed by atoms with van der Waals surface area (Å²) in [6.45, 7) is 2.66. The normalized spacial score (nSPS) is 11.7. The first-order chi connectivity index (χ1) is 8.33. The van der Waals surface area contributed by atoms with Crippen LogP contribution in [0.4, 0.5) is 0 Å². The number of hydrogen-bond acceptors (Lipinski definition) is 2. The van der Waals surface area contributed by atoms with Crippen molar-refractivity contribution in [1.82, 2.24) is 0 Å². The van der Waals surface area contributed by atoms with Gasteiger partial charge in [0.15, 0.2) is 0 Å². The summed E-state index contributed by atoms with van der Waals surface area (Å²) in [6.07, 6.45) is 2.00. The molecule has 1 unspecified atom stereocenters. The van der Waals surface area contributed by atoms with E-state index in [9.17, 15) is 4.57 Å². The van der Waals surface area contributed by atoms with E-state index in [1.54, 1.807) is 0 Å². The van der Waals surface area contributed by atoms with Gasteiger partial charge in [0.25, 0.3) is 0 Å². The molecule has 0 aliphatic heterocycles. The van der Waals surface area contributed by atoms with Crippen LogP contribution in [0.2, 0.25) is 0 Å². The van der Waals surface area contributed by atoms with Gasteiger partial charge in [0.05, 0.1) is 0 Å². The molecular formula is C14H16O2P+.